The van der Waals surface area contributed by atoms with Crippen molar-refractivity contribution in [2.24, 2.45) is 0 Å². The molecule has 7 nitrogen and oxygen atoms in total. The number of rotatable bonds is 11. The Morgan fingerprint density at radius 2 is 1.36 bits per heavy atom. The van der Waals surface area contributed by atoms with Gasteiger partial charge in [-0.25, -0.2) is 4.98 Å². The van der Waals surface area contributed by atoms with Gasteiger partial charge in [-0.2, -0.15) is 0 Å². The second kappa shape index (κ2) is 13.8. The SMILES string of the molecule is N=C/C(=C\NC(c1ccccc1)(c1ccccc1)c1ccccc1)c1ccc(C=N)c(Nc2ccnc(N3CCOCC3)c2)c1. The van der Waals surface area contributed by atoms with Gasteiger partial charge < -0.3 is 31.1 Å². The Morgan fingerprint density at radius 3 is 1.91 bits per heavy atom. The summed E-state index contributed by atoms with van der Waals surface area (Å²) in [5.74, 6) is 0.888. The summed E-state index contributed by atoms with van der Waals surface area (Å²) in [5.41, 5.74) is 6.47. The van der Waals surface area contributed by atoms with Crippen molar-refractivity contribution in [2.75, 3.05) is 36.5 Å². The topological polar surface area (TPSA) is 97.1 Å². The molecule has 6 rings (SSSR count). The molecule has 4 aromatic carbocycles. The number of benzene rings is 4. The first-order chi connectivity index (χ1) is 22.2. The molecule has 0 aliphatic carbocycles. The van der Waals surface area contributed by atoms with Gasteiger partial charge >= 0.3 is 0 Å². The van der Waals surface area contributed by atoms with Crippen molar-refractivity contribution in [3.63, 3.8) is 0 Å². The minimum Gasteiger partial charge on any atom is -0.378 e. The molecule has 0 spiro atoms. The summed E-state index contributed by atoms with van der Waals surface area (Å²) >= 11 is 0. The molecule has 2 heterocycles. The molecule has 4 N–H and O–H groups in total. The maximum atomic E-state index is 8.43. The van der Waals surface area contributed by atoms with E-state index in [1.54, 1.807) is 6.20 Å². The van der Waals surface area contributed by atoms with Crippen molar-refractivity contribution < 1.29 is 4.74 Å². The molecule has 0 atom stereocenters. The van der Waals surface area contributed by atoms with Crippen molar-refractivity contribution >= 4 is 35.2 Å². The first kappa shape index (κ1) is 29.5. The van der Waals surface area contributed by atoms with E-state index in [-0.39, 0.29) is 0 Å². The number of nitrogens with zero attached hydrogens (tertiary/aromatic N) is 2. The normalized spacial score (nSPS) is 13.6. The second-order valence-electron chi connectivity index (χ2n) is 10.8. The smallest absolute Gasteiger partial charge is 0.130 e. The fraction of sp³-hybridized carbons (Fsp3) is 0.132. The van der Waals surface area contributed by atoms with E-state index in [2.05, 4.69) is 93.3 Å². The van der Waals surface area contributed by atoms with Crippen LogP contribution in [0.15, 0.2) is 134 Å². The molecule has 1 saturated heterocycles. The highest BCUT2D eigenvalue weighted by atomic mass is 16.5. The summed E-state index contributed by atoms with van der Waals surface area (Å²) in [5, 5.41) is 23.8. The van der Waals surface area contributed by atoms with Crippen LogP contribution in [0.4, 0.5) is 17.2 Å². The molecule has 0 bridgehead atoms. The number of allylic oxidation sites excluding steroid dienone is 1. The second-order valence-corrected chi connectivity index (χ2v) is 10.8. The van der Waals surface area contributed by atoms with Crippen LogP contribution in [0.2, 0.25) is 0 Å². The quantitative estimate of drug-likeness (QED) is 0.0958. The fourth-order valence-electron chi connectivity index (χ4n) is 5.80. The van der Waals surface area contributed by atoms with E-state index in [4.69, 9.17) is 15.6 Å². The standard InChI is InChI=1S/C38H36N6O/c39-26-30-17-16-29(24-36(30)43-35-18-19-41-37(25-35)44-20-22-45-23-21-44)31(27-40)28-42-38(32-10-4-1-5-11-32,33-12-6-2-7-13-33)34-14-8-3-9-15-34/h1-19,24-28,39-40,42H,20-23H2,(H,41,43)/b31-28+,39-26?,40-27?. The zero-order valence-corrected chi connectivity index (χ0v) is 25.0. The Morgan fingerprint density at radius 1 is 0.756 bits per heavy atom. The Labute approximate surface area is 264 Å². The molecular formula is C38H36N6O. The van der Waals surface area contributed by atoms with Crippen LogP contribution >= 0.6 is 0 Å². The Balaban J connectivity index is 1.38. The Bertz CT molecular complexity index is 1670. The lowest BCUT2D eigenvalue weighted by Crippen LogP contribution is -2.42. The average molecular weight is 593 g/mol. The third kappa shape index (κ3) is 6.39. The summed E-state index contributed by atoms with van der Waals surface area (Å²) < 4.78 is 5.50. The van der Waals surface area contributed by atoms with Crippen molar-refractivity contribution in [2.45, 2.75) is 5.54 Å². The first-order valence-electron chi connectivity index (χ1n) is 15.1. The van der Waals surface area contributed by atoms with Crippen molar-refractivity contribution in [3.8, 4) is 0 Å². The number of pyridine rings is 1. The molecule has 7 heteroatoms. The van der Waals surface area contributed by atoms with Gasteiger partial charge in [0, 0.05) is 66.5 Å². The summed E-state index contributed by atoms with van der Waals surface area (Å²) in [6.07, 6.45) is 6.43. The molecule has 1 aromatic heterocycles. The lowest BCUT2D eigenvalue weighted by atomic mass is 9.77. The van der Waals surface area contributed by atoms with Gasteiger partial charge in [0.15, 0.2) is 0 Å². The molecule has 1 aliphatic rings. The molecule has 0 saturated carbocycles. The molecule has 1 aliphatic heterocycles. The predicted octanol–water partition coefficient (Wildman–Crippen LogP) is 7.23. The highest BCUT2D eigenvalue weighted by Crippen LogP contribution is 2.37. The molecular weight excluding hydrogens is 556 g/mol. The van der Waals surface area contributed by atoms with Gasteiger partial charge in [0.05, 0.1) is 13.2 Å². The number of anilines is 3. The lowest BCUT2D eigenvalue weighted by molar-refractivity contribution is 0.122. The molecule has 45 heavy (non-hydrogen) atoms. The fourth-order valence-corrected chi connectivity index (χ4v) is 5.80. The third-order valence-corrected chi connectivity index (χ3v) is 8.12. The zero-order chi connectivity index (χ0) is 30.9. The van der Waals surface area contributed by atoms with Gasteiger partial charge in [-0.15, -0.1) is 0 Å². The number of hydrogen-bond acceptors (Lipinski definition) is 7. The lowest BCUT2D eigenvalue weighted by Gasteiger charge is -2.36. The first-order valence-corrected chi connectivity index (χ1v) is 15.1. The maximum absolute atomic E-state index is 8.43. The van der Waals surface area contributed by atoms with Crippen LogP contribution in [-0.4, -0.2) is 43.7 Å². The number of nitrogens with one attached hydrogen (secondary N) is 4. The number of morpholine rings is 1. The van der Waals surface area contributed by atoms with Crippen molar-refractivity contribution in [1.29, 1.82) is 10.8 Å². The summed E-state index contributed by atoms with van der Waals surface area (Å²) in [7, 11) is 0. The van der Waals surface area contributed by atoms with Gasteiger partial charge in [-0.3, -0.25) is 0 Å². The minimum atomic E-state index is -0.707. The van der Waals surface area contributed by atoms with Gasteiger partial charge in [0.1, 0.15) is 11.4 Å². The van der Waals surface area contributed by atoms with E-state index in [9.17, 15) is 0 Å². The summed E-state index contributed by atoms with van der Waals surface area (Å²) in [6, 6.07) is 41.0. The minimum absolute atomic E-state index is 0.687. The Kier molecular flexibility index (Phi) is 9.08. The van der Waals surface area contributed by atoms with Crippen molar-refractivity contribution in [1.82, 2.24) is 10.3 Å². The van der Waals surface area contributed by atoms with E-state index in [1.165, 1.54) is 12.4 Å². The molecule has 0 amide bonds. The van der Waals surface area contributed by atoms with E-state index in [0.29, 0.717) is 18.8 Å². The van der Waals surface area contributed by atoms with Crippen LogP contribution in [-0.2, 0) is 10.3 Å². The van der Waals surface area contributed by atoms with Crippen LogP contribution in [0, 0.1) is 10.8 Å². The van der Waals surface area contributed by atoms with Crippen LogP contribution in [0.3, 0.4) is 0 Å². The zero-order valence-electron chi connectivity index (χ0n) is 25.0. The highest BCUT2D eigenvalue weighted by molar-refractivity contribution is 6.09. The van der Waals surface area contributed by atoms with Crippen LogP contribution in [0.5, 0.6) is 0 Å². The average Bonchev–Trinajstić information content (AvgIpc) is 3.12. The van der Waals surface area contributed by atoms with Gasteiger partial charge in [-0.1, -0.05) is 103 Å². The van der Waals surface area contributed by atoms with E-state index in [1.807, 2.05) is 54.7 Å². The summed E-state index contributed by atoms with van der Waals surface area (Å²) in [6.45, 7) is 2.97. The highest BCUT2D eigenvalue weighted by Gasteiger charge is 2.35. The van der Waals surface area contributed by atoms with Crippen LogP contribution < -0.4 is 15.5 Å². The van der Waals surface area contributed by atoms with Gasteiger partial charge in [-0.05, 0) is 34.4 Å². The number of hydrogen-bond donors (Lipinski definition) is 4. The molecule has 0 unspecified atom stereocenters. The van der Waals surface area contributed by atoms with Crippen LogP contribution in [0.25, 0.3) is 5.57 Å². The Hall–Kier alpha value is -5.53. The third-order valence-electron chi connectivity index (χ3n) is 8.12. The monoisotopic (exact) mass is 592 g/mol. The predicted molar refractivity (Wildman–Crippen MR) is 184 cm³/mol. The van der Waals surface area contributed by atoms with E-state index >= 15 is 0 Å². The number of aromatic nitrogens is 1. The van der Waals surface area contributed by atoms with Crippen LogP contribution in [0.1, 0.15) is 27.8 Å². The number of ether oxygens (including phenoxy) is 1. The van der Waals surface area contributed by atoms with E-state index in [0.717, 1.165) is 58.1 Å². The van der Waals surface area contributed by atoms with Crippen molar-refractivity contribution in [3.05, 3.63) is 162 Å². The van der Waals surface area contributed by atoms with Gasteiger partial charge in [0.2, 0.25) is 0 Å². The van der Waals surface area contributed by atoms with E-state index < -0.39 is 5.54 Å². The molecule has 0 radical (unpaired) electrons. The summed E-state index contributed by atoms with van der Waals surface area (Å²) in [4.78, 5) is 6.78. The molecule has 1 fully saturated rings. The maximum Gasteiger partial charge on any atom is 0.130 e. The van der Waals surface area contributed by atoms with Gasteiger partial charge in [0.25, 0.3) is 0 Å². The largest absolute Gasteiger partial charge is 0.378 e. The molecule has 224 valence electrons. The molecule has 5 aromatic rings.